The zero-order valence-electron chi connectivity index (χ0n) is 16.0. The van der Waals surface area contributed by atoms with Crippen LogP contribution < -0.4 is 0 Å². The minimum Gasteiger partial charge on any atom is -0.321 e. The average Bonchev–Trinajstić information content (AvgIpc) is 3.51. The van der Waals surface area contributed by atoms with Crippen LogP contribution >= 0.6 is 0 Å². The lowest BCUT2D eigenvalue weighted by Gasteiger charge is -2.01. The average molecular weight is 392 g/mol. The van der Waals surface area contributed by atoms with Gasteiger partial charge in [0.05, 0.1) is 28.9 Å². The van der Waals surface area contributed by atoms with Gasteiger partial charge in [-0.2, -0.15) is 5.10 Å². The van der Waals surface area contributed by atoms with Crippen LogP contribution in [0.25, 0.3) is 50.5 Å². The first-order valence-electron chi connectivity index (χ1n) is 9.52. The van der Waals surface area contributed by atoms with Gasteiger partial charge in [-0.25, -0.2) is 15.0 Å². The molecular formula is C22H16N8. The van der Waals surface area contributed by atoms with Gasteiger partial charge in [0.1, 0.15) is 11.2 Å². The highest BCUT2D eigenvalue weighted by Gasteiger charge is 2.16. The first kappa shape index (κ1) is 16.6. The summed E-state index contributed by atoms with van der Waals surface area (Å²) in [6, 6.07) is 13.9. The van der Waals surface area contributed by atoms with Crippen molar-refractivity contribution >= 4 is 22.1 Å². The Morgan fingerprint density at radius 2 is 1.93 bits per heavy atom. The zero-order valence-corrected chi connectivity index (χ0v) is 16.0. The first-order chi connectivity index (χ1) is 14.8. The van der Waals surface area contributed by atoms with Gasteiger partial charge in [-0.05, 0) is 37.3 Å². The molecule has 0 fully saturated rings. The maximum atomic E-state index is 4.83. The van der Waals surface area contributed by atoms with E-state index in [1.165, 1.54) is 0 Å². The maximum Gasteiger partial charge on any atom is 0.161 e. The highest BCUT2D eigenvalue weighted by molar-refractivity contribution is 5.95. The number of H-pyrrole nitrogens is 2. The van der Waals surface area contributed by atoms with Gasteiger partial charge in [-0.3, -0.25) is 10.1 Å². The van der Waals surface area contributed by atoms with Gasteiger partial charge in [0.25, 0.3) is 0 Å². The number of hydrogen-bond acceptors (Lipinski definition) is 5. The van der Waals surface area contributed by atoms with Gasteiger partial charge in [0.15, 0.2) is 11.5 Å². The van der Waals surface area contributed by atoms with Crippen LogP contribution in [-0.2, 0) is 0 Å². The molecule has 5 heterocycles. The molecule has 0 saturated carbocycles. The Hall–Kier alpha value is -4.33. The quantitative estimate of drug-likeness (QED) is 0.473. The van der Waals surface area contributed by atoms with Crippen LogP contribution in [0.4, 0.5) is 0 Å². The number of rotatable bonds is 3. The second-order valence-electron chi connectivity index (χ2n) is 7.08. The van der Waals surface area contributed by atoms with E-state index in [0.29, 0.717) is 11.5 Å². The number of fused-ring (bicyclic) bond motifs is 2. The van der Waals surface area contributed by atoms with Gasteiger partial charge in [-0.1, -0.05) is 12.1 Å². The number of pyridine rings is 2. The molecule has 2 N–H and O–H groups in total. The van der Waals surface area contributed by atoms with Gasteiger partial charge < -0.3 is 9.55 Å². The minimum atomic E-state index is 0.659. The monoisotopic (exact) mass is 392 g/mol. The van der Waals surface area contributed by atoms with Crippen LogP contribution in [0.15, 0.2) is 67.4 Å². The summed E-state index contributed by atoms with van der Waals surface area (Å²) in [6.45, 7) is 1.96. The van der Waals surface area contributed by atoms with E-state index in [2.05, 4.69) is 36.2 Å². The molecule has 0 aliphatic rings. The van der Waals surface area contributed by atoms with E-state index in [0.717, 1.165) is 44.8 Å². The number of benzene rings is 1. The molecule has 0 amide bonds. The summed E-state index contributed by atoms with van der Waals surface area (Å²) in [4.78, 5) is 21.4. The minimum absolute atomic E-state index is 0.659. The molecule has 8 nitrogen and oxygen atoms in total. The van der Waals surface area contributed by atoms with Crippen molar-refractivity contribution in [2.75, 3.05) is 0 Å². The fourth-order valence-electron chi connectivity index (χ4n) is 3.66. The second kappa shape index (κ2) is 6.35. The highest BCUT2D eigenvalue weighted by Crippen LogP contribution is 2.30. The lowest BCUT2D eigenvalue weighted by molar-refractivity contribution is 1.06. The summed E-state index contributed by atoms with van der Waals surface area (Å²) in [5, 5.41) is 8.58. The fraction of sp³-hybridized carbons (Fsp3) is 0.0455. The molecule has 0 radical (unpaired) electrons. The number of nitrogens with zero attached hydrogens (tertiary/aromatic N) is 6. The Bertz CT molecular complexity index is 1510. The first-order valence-corrected chi connectivity index (χ1v) is 9.52. The predicted octanol–water partition coefficient (Wildman–Crippen LogP) is 4.06. The molecule has 0 atom stereocenters. The molecule has 6 aromatic rings. The van der Waals surface area contributed by atoms with Gasteiger partial charge in [0.2, 0.25) is 0 Å². The smallest absolute Gasteiger partial charge is 0.161 e. The summed E-state index contributed by atoms with van der Waals surface area (Å²) in [6.07, 6.45) is 7.30. The Morgan fingerprint density at radius 3 is 2.77 bits per heavy atom. The summed E-state index contributed by atoms with van der Waals surface area (Å²) >= 11 is 0. The summed E-state index contributed by atoms with van der Waals surface area (Å²) < 4.78 is 1.95. The van der Waals surface area contributed by atoms with Crippen molar-refractivity contribution < 1.29 is 0 Å². The standard InChI is InChI=1S/C22H16N8/c1-13-11-30(12-25-13)18-7-9-24-21-20(18)26-22(27-21)19-15-10-14(5-6-17(15)28-29-19)16-4-2-3-8-23-16/h2-12H,1H3,(H,28,29)(H,24,26,27). The van der Waals surface area contributed by atoms with Crippen molar-refractivity contribution in [1.82, 2.24) is 39.7 Å². The molecular weight excluding hydrogens is 376 g/mol. The van der Waals surface area contributed by atoms with E-state index in [1.807, 2.05) is 54.1 Å². The lowest BCUT2D eigenvalue weighted by atomic mass is 10.1. The van der Waals surface area contributed by atoms with Crippen LogP contribution in [0.1, 0.15) is 5.69 Å². The number of nitrogens with one attached hydrogen (secondary N) is 2. The van der Waals surface area contributed by atoms with E-state index >= 15 is 0 Å². The normalized spacial score (nSPS) is 11.5. The summed E-state index contributed by atoms with van der Waals surface area (Å²) in [7, 11) is 0. The van der Waals surface area contributed by atoms with Gasteiger partial charge in [0, 0.05) is 29.5 Å². The second-order valence-corrected chi connectivity index (χ2v) is 7.08. The molecule has 8 heteroatoms. The molecule has 0 aliphatic carbocycles. The third-order valence-electron chi connectivity index (χ3n) is 5.10. The van der Waals surface area contributed by atoms with Crippen LogP contribution in [0, 0.1) is 6.92 Å². The molecule has 0 spiro atoms. The molecule has 1 aromatic carbocycles. The Balaban J connectivity index is 1.52. The van der Waals surface area contributed by atoms with E-state index in [1.54, 1.807) is 18.7 Å². The maximum absolute atomic E-state index is 4.83. The van der Waals surface area contributed by atoms with Gasteiger partial charge >= 0.3 is 0 Å². The van der Waals surface area contributed by atoms with Crippen molar-refractivity contribution in [2.45, 2.75) is 6.92 Å². The van der Waals surface area contributed by atoms with Crippen molar-refractivity contribution in [3.8, 4) is 28.5 Å². The molecule has 0 unspecified atom stereocenters. The third kappa shape index (κ3) is 2.58. The third-order valence-corrected chi connectivity index (χ3v) is 5.10. The van der Waals surface area contributed by atoms with Crippen molar-refractivity contribution in [1.29, 1.82) is 0 Å². The number of aromatic amines is 2. The fourth-order valence-corrected chi connectivity index (χ4v) is 3.66. The topological polar surface area (TPSA) is 101 Å². The van der Waals surface area contributed by atoms with Crippen molar-refractivity contribution in [3.05, 3.63) is 73.1 Å². The number of hydrogen-bond donors (Lipinski definition) is 2. The highest BCUT2D eigenvalue weighted by atomic mass is 15.1. The van der Waals surface area contributed by atoms with Crippen LogP contribution in [-0.4, -0.2) is 39.7 Å². The Kier molecular flexibility index (Phi) is 3.51. The predicted molar refractivity (Wildman–Crippen MR) is 114 cm³/mol. The Morgan fingerprint density at radius 1 is 0.967 bits per heavy atom. The number of aryl methyl sites for hydroxylation is 1. The molecule has 144 valence electrons. The van der Waals surface area contributed by atoms with Crippen LogP contribution in [0.2, 0.25) is 0 Å². The molecule has 6 rings (SSSR count). The van der Waals surface area contributed by atoms with E-state index in [-0.39, 0.29) is 0 Å². The van der Waals surface area contributed by atoms with Crippen LogP contribution in [0.3, 0.4) is 0 Å². The van der Waals surface area contributed by atoms with Crippen LogP contribution in [0.5, 0.6) is 0 Å². The van der Waals surface area contributed by atoms with Gasteiger partial charge in [-0.15, -0.1) is 0 Å². The summed E-state index contributed by atoms with van der Waals surface area (Å²) in [5.74, 6) is 0.659. The lowest BCUT2D eigenvalue weighted by Crippen LogP contribution is -1.92. The zero-order chi connectivity index (χ0) is 20.1. The van der Waals surface area contributed by atoms with Crippen molar-refractivity contribution in [2.24, 2.45) is 0 Å². The van der Waals surface area contributed by atoms with E-state index in [9.17, 15) is 0 Å². The number of aromatic nitrogens is 8. The molecule has 0 saturated heterocycles. The molecule has 30 heavy (non-hydrogen) atoms. The van der Waals surface area contributed by atoms with Crippen molar-refractivity contribution in [3.63, 3.8) is 0 Å². The van der Waals surface area contributed by atoms with E-state index < -0.39 is 0 Å². The molecule has 5 aromatic heterocycles. The summed E-state index contributed by atoms with van der Waals surface area (Å²) in [5.41, 5.74) is 6.93. The molecule has 0 aliphatic heterocycles. The molecule has 0 bridgehead atoms. The number of imidazole rings is 2. The SMILES string of the molecule is Cc1cn(-c2ccnc3[nH]c(-c4n[nH]c5ccc(-c6ccccn6)cc45)nc23)cn1. The van der Waals surface area contributed by atoms with E-state index in [4.69, 9.17) is 4.98 Å². The largest absolute Gasteiger partial charge is 0.321 e. The Labute approximate surface area is 170 Å².